The lowest BCUT2D eigenvalue weighted by Gasteiger charge is -2.09. The second kappa shape index (κ2) is 5.28. The number of aromatic nitrogens is 1. The van der Waals surface area contributed by atoms with Crippen molar-refractivity contribution in [2.45, 2.75) is 6.92 Å². The molecule has 1 aromatic heterocycles. The van der Waals surface area contributed by atoms with Crippen LogP contribution in [0.5, 0.6) is 5.75 Å². The van der Waals surface area contributed by atoms with E-state index in [1.807, 2.05) is 31.2 Å². The van der Waals surface area contributed by atoms with E-state index in [2.05, 4.69) is 4.98 Å². The Labute approximate surface area is 120 Å². The normalized spacial score (nSPS) is 10.7. The van der Waals surface area contributed by atoms with Gasteiger partial charge < -0.3 is 19.1 Å². The summed E-state index contributed by atoms with van der Waals surface area (Å²) in [6.07, 6.45) is 0. The standard InChI is InChI=1S/C16H13NO4/c1-10-5-4-8-13-15(10)17-16(21-13)11-6-2-3-7-12(11)20-9-14(18)19/h2-8H,9H2,1H3,(H,18,19)/p-1. The average molecular weight is 282 g/mol. The van der Waals surface area contributed by atoms with Gasteiger partial charge >= 0.3 is 0 Å². The van der Waals surface area contributed by atoms with E-state index in [-0.39, 0.29) is 0 Å². The molecule has 0 aliphatic heterocycles. The molecule has 0 saturated carbocycles. The lowest BCUT2D eigenvalue weighted by atomic mass is 10.2. The number of nitrogens with zero attached hydrogens (tertiary/aromatic N) is 1. The first kappa shape index (κ1) is 13.2. The number of aryl methyl sites for hydroxylation is 1. The number of hydrogen-bond donors (Lipinski definition) is 0. The fraction of sp³-hybridized carbons (Fsp3) is 0.125. The van der Waals surface area contributed by atoms with Gasteiger partial charge in [0.2, 0.25) is 5.89 Å². The van der Waals surface area contributed by atoms with Crippen molar-refractivity contribution in [3.8, 4) is 17.2 Å². The first-order chi connectivity index (χ1) is 10.1. The SMILES string of the molecule is Cc1cccc2oc(-c3ccccc3OCC(=O)[O-])nc12. The van der Waals surface area contributed by atoms with Gasteiger partial charge in [0, 0.05) is 0 Å². The molecule has 1 heterocycles. The van der Waals surface area contributed by atoms with E-state index in [0.717, 1.165) is 11.1 Å². The van der Waals surface area contributed by atoms with Crippen LogP contribution in [0.3, 0.4) is 0 Å². The summed E-state index contributed by atoms with van der Waals surface area (Å²) in [5.74, 6) is -0.489. The van der Waals surface area contributed by atoms with E-state index in [1.54, 1.807) is 18.2 Å². The number of carbonyl (C=O) groups excluding carboxylic acids is 1. The third kappa shape index (κ3) is 2.58. The molecule has 5 heteroatoms. The lowest BCUT2D eigenvalue weighted by molar-refractivity contribution is -0.307. The molecular weight excluding hydrogens is 270 g/mol. The number of ether oxygens (including phenoxy) is 1. The Morgan fingerprint density at radius 2 is 2.05 bits per heavy atom. The molecule has 3 aromatic rings. The summed E-state index contributed by atoms with van der Waals surface area (Å²) in [4.78, 5) is 15.0. The molecule has 0 bridgehead atoms. The number of para-hydroxylation sites is 2. The van der Waals surface area contributed by atoms with Gasteiger partial charge in [-0.1, -0.05) is 24.3 Å². The van der Waals surface area contributed by atoms with E-state index in [4.69, 9.17) is 9.15 Å². The fourth-order valence-electron chi connectivity index (χ4n) is 2.11. The molecule has 0 spiro atoms. The third-order valence-corrected chi connectivity index (χ3v) is 3.08. The van der Waals surface area contributed by atoms with Crippen LogP contribution in [0.15, 0.2) is 46.9 Å². The van der Waals surface area contributed by atoms with Gasteiger partial charge in [0.1, 0.15) is 17.9 Å². The smallest absolute Gasteiger partial charge is 0.231 e. The van der Waals surface area contributed by atoms with Crippen LogP contribution in [0.2, 0.25) is 0 Å². The molecule has 5 nitrogen and oxygen atoms in total. The molecule has 0 aliphatic carbocycles. The van der Waals surface area contributed by atoms with Gasteiger partial charge in [-0.15, -0.1) is 0 Å². The van der Waals surface area contributed by atoms with Gasteiger partial charge in [0.15, 0.2) is 5.58 Å². The lowest BCUT2D eigenvalue weighted by Crippen LogP contribution is -2.29. The van der Waals surface area contributed by atoms with E-state index in [1.165, 1.54) is 0 Å². The first-order valence-corrected chi connectivity index (χ1v) is 6.43. The summed E-state index contributed by atoms with van der Waals surface area (Å²) in [5, 5.41) is 10.5. The Morgan fingerprint density at radius 3 is 2.81 bits per heavy atom. The van der Waals surface area contributed by atoms with Crippen molar-refractivity contribution in [1.29, 1.82) is 0 Å². The molecule has 106 valence electrons. The number of carboxylic acid groups (broad SMARTS) is 1. The zero-order valence-corrected chi connectivity index (χ0v) is 11.3. The maximum atomic E-state index is 10.5. The Morgan fingerprint density at radius 1 is 1.24 bits per heavy atom. The molecule has 3 rings (SSSR count). The minimum Gasteiger partial charge on any atom is -0.546 e. The molecular formula is C16H12NO4-. The van der Waals surface area contributed by atoms with Crippen molar-refractivity contribution >= 4 is 17.1 Å². The maximum Gasteiger partial charge on any atom is 0.231 e. The molecule has 0 unspecified atom stereocenters. The second-order valence-electron chi connectivity index (χ2n) is 4.60. The zero-order valence-electron chi connectivity index (χ0n) is 11.3. The van der Waals surface area contributed by atoms with Crippen molar-refractivity contribution in [2.24, 2.45) is 0 Å². The number of carboxylic acids is 1. The van der Waals surface area contributed by atoms with E-state index < -0.39 is 12.6 Å². The zero-order chi connectivity index (χ0) is 14.8. The Bertz CT molecular complexity index is 807. The molecule has 0 amide bonds. The van der Waals surface area contributed by atoms with Gasteiger partial charge in [-0.3, -0.25) is 0 Å². The number of fused-ring (bicyclic) bond motifs is 1. The van der Waals surface area contributed by atoms with E-state index in [0.29, 0.717) is 22.8 Å². The largest absolute Gasteiger partial charge is 0.546 e. The molecule has 21 heavy (non-hydrogen) atoms. The highest BCUT2D eigenvalue weighted by Crippen LogP contribution is 2.32. The molecule has 0 radical (unpaired) electrons. The maximum absolute atomic E-state index is 10.5. The monoisotopic (exact) mass is 282 g/mol. The summed E-state index contributed by atoms with van der Waals surface area (Å²) in [6, 6.07) is 12.7. The number of hydrogen-bond acceptors (Lipinski definition) is 5. The highest BCUT2D eigenvalue weighted by atomic mass is 16.5. The average Bonchev–Trinajstić information content (AvgIpc) is 2.91. The number of aliphatic carboxylic acids is 1. The Balaban J connectivity index is 2.06. The minimum atomic E-state index is -1.28. The highest BCUT2D eigenvalue weighted by Gasteiger charge is 2.14. The topological polar surface area (TPSA) is 75.4 Å². The number of benzene rings is 2. The number of oxazole rings is 1. The van der Waals surface area contributed by atoms with Crippen LogP contribution in [-0.4, -0.2) is 17.6 Å². The predicted octanol–water partition coefficient (Wildman–Crippen LogP) is 1.93. The van der Waals surface area contributed by atoms with Crippen LogP contribution in [0.4, 0.5) is 0 Å². The van der Waals surface area contributed by atoms with Crippen molar-refractivity contribution in [2.75, 3.05) is 6.61 Å². The van der Waals surface area contributed by atoms with E-state index >= 15 is 0 Å². The van der Waals surface area contributed by atoms with Gasteiger partial charge in [-0.2, -0.15) is 0 Å². The highest BCUT2D eigenvalue weighted by molar-refractivity contribution is 5.80. The molecule has 0 fully saturated rings. The first-order valence-electron chi connectivity index (χ1n) is 6.43. The fourth-order valence-corrected chi connectivity index (χ4v) is 2.11. The van der Waals surface area contributed by atoms with Gasteiger partial charge in [-0.05, 0) is 30.7 Å². The van der Waals surface area contributed by atoms with E-state index in [9.17, 15) is 9.90 Å². The Hall–Kier alpha value is -2.82. The van der Waals surface area contributed by atoms with Crippen LogP contribution in [0, 0.1) is 6.92 Å². The quantitative estimate of drug-likeness (QED) is 0.731. The molecule has 0 atom stereocenters. The number of carbonyl (C=O) groups is 1. The summed E-state index contributed by atoms with van der Waals surface area (Å²) in [5.41, 5.74) is 3.08. The van der Waals surface area contributed by atoms with Crippen molar-refractivity contribution < 1.29 is 19.1 Å². The van der Waals surface area contributed by atoms with Crippen LogP contribution >= 0.6 is 0 Å². The van der Waals surface area contributed by atoms with Crippen molar-refractivity contribution in [1.82, 2.24) is 4.98 Å². The molecule has 0 aliphatic rings. The molecule has 0 N–H and O–H groups in total. The van der Waals surface area contributed by atoms with Crippen LogP contribution in [-0.2, 0) is 4.79 Å². The van der Waals surface area contributed by atoms with Crippen molar-refractivity contribution in [3.63, 3.8) is 0 Å². The van der Waals surface area contributed by atoms with Crippen LogP contribution in [0.1, 0.15) is 5.56 Å². The summed E-state index contributed by atoms with van der Waals surface area (Å²) >= 11 is 0. The molecule has 2 aromatic carbocycles. The minimum absolute atomic E-state index is 0.394. The second-order valence-corrected chi connectivity index (χ2v) is 4.60. The summed E-state index contributed by atoms with van der Waals surface area (Å²) in [6.45, 7) is 1.43. The van der Waals surface area contributed by atoms with Gasteiger partial charge in [0.05, 0.1) is 11.5 Å². The van der Waals surface area contributed by atoms with Gasteiger partial charge in [-0.25, -0.2) is 4.98 Å². The summed E-state index contributed by atoms with van der Waals surface area (Å²) in [7, 11) is 0. The Kier molecular flexibility index (Phi) is 3.31. The van der Waals surface area contributed by atoms with Crippen LogP contribution in [0.25, 0.3) is 22.6 Å². The van der Waals surface area contributed by atoms with Crippen LogP contribution < -0.4 is 9.84 Å². The van der Waals surface area contributed by atoms with Gasteiger partial charge in [0.25, 0.3) is 0 Å². The van der Waals surface area contributed by atoms with Crippen molar-refractivity contribution in [3.05, 3.63) is 48.0 Å². The predicted molar refractivity (Wildman–Crippen MR) is 74.7 cm³/mol. The molecule has 0 saturated heterocycles. The summed E-state index contributed by atoms with van der Waals surface area (Å²) < 4.78 is 10.9. The number of rotatable bonds is 4. The third-order valence-electron chi connectivity index (χ3n) is 3.08.